The molecular weight excluding hydrogens is 439 g/mol. The zero-order valence-electron chi connectivity index (χ0n) is 20.5. The van der Waals surface area contributed by atoms with E-state index in [0.29, 0.717) is 18.2 Å². The van der Waals surface area contributed by atoms with E-state index in [1.807, 2.05) is 19.9 Å². The molecule has 0 aromatic carbocycles. The Morgan fingerprint density at radius 3 is 2.71 bits per heavy atom. The molecule has 0 unspecified atom stereocenters. The SMILES string of the molecule is CCCc1cc(-c2nnn(C)n2)c(C)nc1NCN(CC)C(=O)[C@H](C)c1cc(OC)ncc1F. The molecule has 0 fully saturated rings. The maximum atomic E-state index is 14.4. The number of hydrogen-bond acceptors (Lipinski definition) is 8. The Morgan fingerprint density at radius 1 is 1.32 bits per heavy atom. The van der Waals surface area contributed by atoms with Gasteiger partial charge in [0, 0.05) is 23.7 Å². The fourth-order valence-corrected chi connectivity index (χ4v) is 3.68. The number of nitrogens with one attached hydrogen (secondary N) is 1. The van der Waals surface area contributed by atoms with E-state index >= 15 is 0 Å². The highest BCUT2D eigenvalue weighted by atomic mass is 19.1. The van der Waals surface area contributed by atoms with Crippen molar-refractivity contribution in [2.45, 2.75) is 46.5 Å². The molecule has 10 nitrogen and oxygen atoms in total. The first-order valence-electron chi connectivity index (χ1n) is 11.3. The number of carbonyl (C=O) groups is 1. The number of anilines is 1. The molecule has 0 radical (unpaired) electrons. The maximum absolute atomic E-state index is 14.4. The molecule has 3 aromatic heterocycles. The van der Waals surface area contributed by atoms with Crippen LogP contribution in [0.15, 0.2) is 18.3 Å². The minimum atomic E-state index is -0.700. The van der Waals surface area contributed by atoms with Crippen LogP contribution in [0.25, 0.3) is 11.4 Å². The van der Waals surface area contributed by atoms with Crippen LogP contribution in [-0.4, -0.2) is 61.3 Å². The van der Waals surface area contributed by atoms with Gasteiger partial charge in [0.15, 0.2) is 0 Å². The molecule has 1 amide bonds. The Bertz CT molecular complexity index is 1150. The number of pyridine rings is 2. The molecule has 182 valence electrons. The highest BCUT2D eigenvalue weighted by Gasteiger charge is 2.25. The summed E-state index contributed by atoms with van der Waals surface area (Å²) in [7, 11) is 3.17. The molecular formula is C23H31FN8O2. The summed E-state index contributed by atoms with van der Waals surface area (Å²) in [5, 5.41) is 15.6. The molecule has 3 aromatic rings. The molecule has 0 aliphatic carbocycles. The number of methoxy groups -OCH3 is 1. The monoisotopic (exact) mass is 470 g/mol. The van der Waals surface area contributed by atoms with E-state index in [1.54, 1.807) is 18.9 Å². The molecule has 0 saturated carbocycles. The van der Waals surface area contributed by atoms with Gasteiger partial charge < -0.3 is 15.0 Å². The summed E-state index contributed by atoms with van der Waals surface area (Å²) >= 11 is 0. The molecule has 0 saturated heterocycles. The standard InChI is InChI=1S/C23H31FN8O2/c1-7-9-16-10-18(22-28-30-31(5)29-22)15(4)27-21(16)26-13-32(8-2)23(33)14(3)17-11-20(34-6)25-12-19(17)24/h10-12,14H,7-9,13H2,1-6H3,(H,26,27)/t14-/m1/s1. The minimum Gasteiger partial charge on any atom is -0.481 e. The van der Waals surface area contributed by atoms with E-state index in [9.17, 15) is 9.18 Å². The predicted octanol–water partition coefficient (Wildman–Crippen LogP) is 3.10. The van der Waals surface area contributed by atoms with Gasteiger partial charge in [-0.3, -0.25) is 4.79 Å². The summed E-state index contributed by atoms with van der Waals surface area (Å²) in [6.07, 6.45) is 2.79. The van der Waals surface area contributed by atoms with Gasteiger partial charge in [0.25, 0.3) is 0 Å². The smallest absolute Gasteiger partial charge is 0.231 e. The van der Waals surface area contributed by atoms with Crippen molar-refractivity contribution in [3.05, 3.63) is 41.0 Å². The Labute approximate surface area is 198 Å². The lowest BCUT2D eigenvalue weighted by Gasteiger charge is -2.26. The summed E-state index contributed by atoms with van der Waals surface area (Å²) in [6, 6.07) is 3.48. The third-order valence-electron chi connectivity index (χ3n) is 5.60. The van der Waals surface area contributed by atoms with Crippen LogP contribution < -0.4 is 10.1 Å². The zero-order chi connectivity index (χ0) is 24.8. The normalized spacial score (nSPS) is 11.9. The van der Waals surface area contributed by atoms with E-state index in [1.165, 1.54) is 18.0 Å². The van der Waals surface area contributed by atoms with Crippen molar-refractivity contribution in [2.75, 3.05) is 25.6 Å². The molecule has 0 aliphatic heterocycles. The van der Waals surface area contributed by atoms with Gasteiger partial charge in [-0.2, -0.15) is 4.80 Å². The fraction of sp³-hybridized carbons (Fsp3) is 0.478. The number of aryl methyl sites for hydroxylation is 3. The van der Waals surface area contributed by atoms with Crippen molar-refractivity contribution in [3.63, 3.8) is 0 Å². The Morgan fingerprint density at radius 2 is 2.09 bits per heavy atom. The van der Waals surface area contributed by atoms with Crippen molar-refractivity contribution < 1.29 is 13.9 Å². The van der Waals surface area contributed by atoms with E-state index < -0.39 is 11.7 Å². The number of aromatic nitrogens is 6. The highest BCUT2D eigenvalue weighted by molar-refractivity contribution is 5.83. The molecule has 1 atom stereocenters. The fourth-order valence-electron chi connectivity index (χ4n) is 3.68. The zero-order valence-corrected chi connectivity index (χ0v) is 20.5. The summed E-state index contributed by atoms with van der Waals surface area (Å²) < 4.78 is 19.5. The molecule has 0 aliphatic rings. The highest BCUT2D eigenvalue weighted by Crippen LogP contribution is 2.26. The van der Waals surface area contributed by atoms with Gasteiger partial charge in [0.05, 0.1) is 38.6 Å². The van der Waals surface area contributed by atoms with Gasteiger partial charge in [0.1, 0.15) is 11.6 Å². The van der Waals surface area contributed by atoms with Crippen molar-refractivity contribution in [2.24, 2.45) is 7.05 Å². The molecule has 3 rings (SSSR count). The van der Waals surface area contributed by atoms with Gasteiger partial charge in [-0.15, -0.1) is 10.2 Å². The Balaban J connectivity index is 1.80. The molecule has 11 heteroatoms. The average molecular weight is 471 g/mol. The third kappa shape index (κ3) is 5.46. The number of amides is 1. The number of hydrogen-bond donors (Lipinski definition) is 1. The average Bonchev–Trinajstić information content (AvgIpc) is 3.26. The second-order valence-electron chi connectivity index (χ2n) is 7.98. The van der Waals surface area contributed by atoms with Crippen molar-refractivity contribution in [1.29, 1.82) is 0 Å². The van der Waals surface area contributed by atoms with Crippen molar-refractivity contribution in [1.82, 2.24) is 35.1 Å². The van der Waals surface area contributed by atoms with Crippen LogP contribution in [0.3, 0.4) is 0 Å². The predicted molar refractivity (Wildman–Crippen MR) is 126 cm³/mol. The molecule has 1 N–H and O–H groups in total. The van der Waals surface area contributed by atoms with Gasteiger partial charge in [0.2, 0.25) is 17.6 Å². The van der Waals surface area contributed by atoms with Gasteiger partial charge >= 0.3 is 0 Å². The van der Waals surface area contributed by atoms with Crippen molar-refractivity contribution >= 4 is 11.7 Å². The quantitative estimate of drug-likeness (QED) is 0.450. The lowest BCUT2D eigenvalue weighted by Crippen LogP contribution is -2.38. The summed E-state index contributed by atoms with van der Waals surface area (Å²) in [5.41, 5.74) is 2.82. The summed E-state index contributed by atoms with van der Waals surface area (Å²) in [4.78, 5) is 24.8. The van der Waals surface area contributed by atoms with Gasteiger partial charge in [-0.05, 0) is 44.0 Å². The molecule has 34 heavy (non-hydrogen) atoms. The van der Waals surface area contributed by atoms with Crippen LogP contribution in [0.5, 0.6) is 5.88 Å². The summed E-state index contributed by atoms with van der Waals surface area (Å²) in [6.45, 7) is 8.21. The number of ether oxygens (including phenoxy) is 1. The first-order valence-corrected chi connectivity index (χ1v) is 11.3. The number of carbonyl (C=O) groups excluding carboxylic acids is 1. The van der Waals surface area contributed by atoms with E-state index in [4.69, 9.17) is 9.72 Å². The first kappa shape index (κ1) is 25.0. The van der Waals surface area contributed by atoms with Gasteiger partial charge in [-0.1, -0.05) is 13.3 Å². The Kier molecular flexibility index (Phi) is 8.08. The van der Waals surface area contributed by atoms with E-state index in [-0.39, 0.29) is 24.0 Å². The van der Waals surface area contributed by atoms with Crippen LogP contribution in [0.1, 0.15) is 49.9 Å². The number of nitrogens with zero attached hydrogens (tertiary/aromatic N) is 7. The van der Waals surface area contributed by atoms with Crippen LogP contribution in [0, 0.1) is 12.7 Å². The first-order chi connectivity index (χ1) is 16.3. The molecule has 0 bridgehead atoms. The number of halogens is 1. The molecule has 0 spiro atoms. The van der Waals surface area contributed by atoms with E-state index in [2.05, 4.69) is 32.6 Å². The van der Waals surface area contributed by atoms with Gasteiger partial charge in [-0.25, -0.2) is 14.4 Å². The lowest BCUT2D eigenvalue weighted by atomic mass is 10.0. The number of rotatable bonds is 10. The molecule has 3 heterocycles. The number of likely N-dealkylation sites (N-methyl/N-ethyl adjacent to an activating group) is 1. The maximum Gasteiger partial charge on any atom is 0.231 e. The van der Waals surface area contributed by atoms with Crippen LogP contribution in [-0.2, 0) is 18.3 Å². The lowest BCUT2D eigenvalue weighted by molar-refractivity contribution is -0.132. The minimum absolute atomic E-state index is 0.212. The van der Waals surface area contributed by atoms with E-state index in [0.717, 1.165) is 35.9 Å². The second-order valence-corrected chi connectivity index (χ2v) is 7.98. The third-order valence-corrected chi connectivity index (χ3v) is 5.60. The Hall–Kier alpha value is -3.63. The van der Waals surface area contributed by atoms with Crippen molar-refractivity contribution in [3.8, 4) is 17.3 Å². The second kappa shape index (κ2) is 11.0. The van der Waals surface area contributed by atoms with Crippen LogP contribution in [0.2, 0.25) is 0 Å². The van der Waals surface area contributed by atoms with Crippen LogP contribution >= 0.6 is 0 Å². The largest absolute Gasteiger partial charge is 0.481 e. The number of tetrazole rings is 1. The van der Waals surface area contributed by atoms with Crippen LogP contribution in [0.4, 0.5) is 10.2 Å². The summed E-state index contributed by atoms with van der Waals surface area (Å²) in [5.74, 6) is 0.0260. The topological polar surface area (TPSA) is 111 Å².